The van der Waals surface area contributed by atoms with E-state index in [1.54, 1.807) is 24.3 Å². The Morgan fingerprint density at radius 3 is 2.17 bits per heavy atom. The van der Waals surface area contributed by atoms with Crippen LogP contribution in [0.3, 0.4) is 0 Å². The monoisotopic (exact) mass is 391 g/mol. The second-order valence-electron chi connectivity index (χ2n) is 4.30. The summed E-state index contributed by atoms with van der Waals surface area (Å²) in [4.78, 5) is 12.4. The van der Waals surface area contributed by atoms with E-state index in [-0.39, 0.29) is 21.3 Å². The Morgan fingerprint density at radius 2 is 1.65 bits per heavy atom. The average molecular weight is 393 g/mol. The van der Waals surface area contributed by atoms with E-state index in [1.165, 1.54) is 17.0 Å². The third-order valence-corrected chi connectivity index (χ3v) is 4.05. The molecule has 2 aromatic carbocycles. The van der Waals surface area contributed by atoms with E-state index >= 15 is 0 Å². The molecule has 0 spiro atoms. The predicted molar refractivity (Wildman–Crippen MR) is 92.0 cm³/mol. The SMILES string of the molecule is O=C(O)c1cc(Cl)cc(N(C=S(=O)=O)c2ccc(Cl)cc2)c1Cl. The highest BCUT2D eigenvalue weighted by atomic mass is 35.5. The minimum atomic E-state index is -2.57. The van der Waals surface area contributed by atoms with Gasteiger partial charge in [0.1, 0.15) is 5.49 Å². The molecule has 0 atom stereocenters. The van der Waals surface area contributed by atoms with Gasteiger partial charge in [-0.2, -0.15) is 8.42 Å². The second-order valence-corrected chi connectivity index (χ2v) is 6.29. The summed E-state index contributed by atoms with van der Waals surface area (Å²) in [6.07, 6.45) is 0. The fourth-order valence-corrected chi connectivity index (χ4v) is 2.88. The number of aromatic carboxylic acids is 1. The third-order valence-electron chi connectivity index (χ3n) is 2.80. The van der Waals surface area contributed by atoms with Crippen molar-refractivity contribution in [3.63, 3.8) is 0 Å². The Hall–Kier alpha value is -1.73. The van der Waals surface area contributed by atoms with Crippen molar-refractivity contribution in [1.29, 1.82) is 0 Å². The number of carboxylic acid groups (broad SMARTS) is 1. The molecule has 0 saturated carbocycles. The molecule has 2 rings (SSSR count). The van der Waals surface area contributed by atoms with Crippen LogP contribution >= 0.6 is 34.8 Å². The van der Waals surface area contributed by atoms with Gasteiger partial charge in [-0.3, -0.25) is 0 Å². The van der Waals surface area contributed by atoms with Gasteiger partial charge in [0.2, 0.25) is 10.3 Å². The van der Waals surface area contributed by atoms with E-state index in [1.807, 2.05) is 0 Å². The van der Waals surface area contributed by atoms with Crippen molar-refractivity contribution >= 4 is 67.9 Å². The zero-order valence-corrected chi connectivity index (χ0v) is 14.3. The predicted octanol–water partition coefficient (Wildman–Crippen LogP) is 4.12. The van der Waals surface area contributed by atoms with Gasteiger partial charge in [-0.25, -0.2) is 4.79 Å². The highest BCUT2D eigenvalue weighted by Crippen LogP contribution is 2.36. The van der Waals surface area contributed by atoms with Gasteiger partial charge >= 0.3 is 5.97 Å². The number of anilines is 2. The van der Waals surface area contributed by atoms with Crippen molar-refractivity contribution in [2.75, 3.05) is 4.90 Å². The summed E-state index contributed by atoms with van der Waals surface area (Å²) in [7, 11) is -2.57. The van der Waals surface area contributed by atoms with E-state index in [0.717, 1.165) is 5.49 Å². The number of rotatable bonds is 4. The molecule has 0 fully saturated rings. The molecule has 0 saturated heterocycles. The molecular weight excluding hydrogens is 385 g/mol. The molecular formula is C14H8Cl3NO4S. The molecule has 23 heavy (non-hydrogen) atoms. The van der Waals surface area contributed by atoms with Gasteiger partial charge < -0.3 is 10.0 Å². The van der Waals surface area contributed by atoms with Crippen molar-refractivity contribution in [2.24, 2.45) is 0 Å². The molecule has 1 N–H and O–H groups in total. The fraction of sp³-hybridized carbons (Fsp3) is 0. The van der Waals surface area contributed by atoms with Gasteiger partial charge in [0, 0.05) is 15.7 Å². The number of nitrogens with zero attached hydrogens (tertiary/aromatic N) is 1. The van der Waals surface area contributed by atoms with Crippen LogP contribution < -0.4 is 4.90 Å². The molecule has 0 bridgehead atoms. The standard InChI is InChI=1S/C14H8Cl3NO4S/c15-8-1-3-10(4-2-8)18(7-23(21)22)12-6-9(16)5-11(13(12)17)14(19)20/h1-7H,(H,19,20). The maximum absolute atomic E-state index is 11.2. The van der Waals surface area contributed by atoms with Crippen LogP contribution in [0.1, 0.15) is 10.4 Å². The highest BCUT2D eigenvalue weighted by Gasteiger charge is 2.19. The fourth-order valence-electron chi connectivity index (χ4n) is 1.85. The molecule has 2 aromatic rings. The van der Waals surface area contributed by atoms with Gasteiger partial charge in [0.25, 0.3) is 0 Å². The Bertz CT molecular complexity index is 887. The minimum absolute atomic E-state index is 0.103. The summed E-state index contributed by atoms with van der Waals surface area (Å²) in [6, 6.07) is 8.79. The minimum Gasteiger partial charge on any atom is -0.478 e. The van der Waals surface area contributed by atoms with Crippen LogP contribution in [-0.4, -0.2) is 25.0 Å². The van der Waals surface area contributed by atoms with Crippen LogP contribution in [0.25, 0.3) is 0 Å². The largest absolute Gasteiger partial charge is 0.478 e. The van der Waals surface area contributed by atoms with Gasteiger partial charge in [-0.05, 0) is 36.4 Å². The first kappa shape index (κ1) is 17.6. The Labute approximate surface area is 148 Å². The number of benzene rings is 2. The summed E-state index contributed by atoms with van der Waals surface area (Å²) in [5.41, 5.74) is 1.15. The summed E-state index contributed by atoms with van der Waals surface area (Å²) in [6.45, 7) is 0. The van der Waals surface area contributed by atoms with Crippen LogP contribution in [-0.2, 0) is 10.3 Å². The molecule has 0 unspecified atom stereocenters. The lowest BCUT2D eigenvalue weighted by Gasteiger charge is -2.21. The van der Waals surface area contributed by atoms with Crippen molar-refractivity contribution < 1.29 is 18.3 Å². The van der Waals surface area contributed by atoms with Gasteiger partial charge in [0.15, 0.2) is 0 Å². The normalized spacial score (nSPS) is 10.2. The van der Waals surface area contributed by atoms with Crippen LogP contribution in [0, 0.1) is 0 Å². The zero-order valence-electron chi connectivity index (χ0n) is 11.2. The smallest absolute Gasteiger partial charge is 0.337 e. The number of carbonyl (C=O) groups is 1. The molecule has 9 heteroatoms. The first-order chi connectivity index (χ1) is 10.8. The maximum Gasteiger partial charge on any atom is 0.337 e. The summed E-state index contributed by atoms with van der Waals surface area (Å²) in [5, 5.41) is 9.60. The Kier molecular flexibility index (Phi) is 5.54. The highest BCUT2D eigenvalue weighted by molar-refractivity contribution is 7.71. The molecule has 0 amide bonds. The molecule has 5 nitrogen and oxygen atoms in total. The van der Waals surface area contributed by atoms with Crippen LogP contribution in [0.5, 0.6) is 0 Å². The average Bonchev–Trinajstić information content (AvgIpc) is 2.47. The van der Waals surface area contributed by atoms with E-state index in [9.17, 15) is 18.3 Å². The van der Waals surface area contributed by atoms with E-state index in [4.69, 9.17) is 34.8 Å². The molecule has 0 aromatic heterocycles. The van der Waals surface area contributed by atoms with Gasteiger partial charge in [0.05, 0.1) is 16.3 Å². The third kappa shape index (κ3) is 4.17. The molecule has 0 radical (unpaired) electrons. The van der Waals surface area contributed by atoms with E-state index in [2.05, 4.69) is 0 Å². The molecule has 0 heterocycles. The van der Waals surface area contributed by atoms with Crippen LogP contribution in [0.2, 0.25) is 15.1 Å². The first-order valence-corrected chi connectivity index (χ1v) is 8.27. The van der Waals surface area contributed by atoms with Crippen molar-refractivity contribution in [3.8, 4) is 0 Å². The lowest BCUT2D eigenvalue weighted by Crippen LogP contribution is -2.16. The Balaban J connectivity index is 2.72. The molecule has 120 valence electrons. The molecule has 0 aliphatic heterocycles. The summed E-state index contributed by atoms with van der Waals surface area (Å²) in [5.74, 6) is -1.28. The van der Waals surface area contributed by atoms with Crippen molar-refractivity contribution in [2.45, 2.75) is 0 Å². The van der Waals surface area contributed by atoms with Gasteiger partial charge in [-0.15, -0.1) is 0 Å². The maximum atomic E-state index is 11.2. The number of carboxylic acids is 1. The molecule has 0 aliphatic rings. The molecule has 0 aliphatic carbocycles. The Morgan fingerprint density at radius 1 is 1.04 bits per heavy atom. The lowest BCUT2D eigenvalue weighted by molar-refractivity contribution is 0.0697. The first-order valence-electron chi connectivity index (χ1n) is 6.00. The number of halogens is 3. The van der Waals surface area contributed by atoms with Gasteiger partial charge in [-0.1, -0.05) is 34.8 Å². The number of hydrogen-bond donors (Lipinski definition) is 1. The topological polar surface area (TPSA) is 74.7 Å². The zero-order chi connectivity index (χ0) is 17.1. The lowest BCUT2D eigenvalue weighted by atomic mass is 10.1. The van der Waals surface area contributed by atoms with Crippen molar-refractivity contribution in [3.05, 3.63) is 57.0 Å². The summed E-state index contributed by atoms with van der Waals surface area (Å²) >= 11 is 17.8. The second kappa shape index (κ2) is 7.23. The summed E-state index contributed by atoms with van der Waals surface area (Å²) < 4.78 is 22.2. The van der Waals surface area contributed by atoms with Crippen LogP contribution in [0.4, 0.5) is 11.4 Å². The van der Waals surface area contributed by atoms with Crippen LogP contribution in [0.15, 0.2) is 36.4 Å². The number of hydrogen-bond acceptors (Lipinski definition) is 3. The van der Waals surface area contributed by atoms with Crippen molar-refractivity contribution in [1.82, 2.24) is 0 Å². The van der Waals surface area contributed by atoms with E-state index < -0.39 is 16.3 Å². The van der Waals surface area contributed by atoms with E-state index in [0.29, 0.717) is 10.7 Å². The quantitative estimate of drug-likeness (QED) is 0.792.